The Kier molecular flexibility index (Phi) is 7.29. The van der Waals surface area contributed by atoms with E-state index in [1.54, 1.807) is 20.0 Å². The van der Waals surface area contributed by atoms with E-state index in [1.165, 1.54) is 12.1 Å². The van der Waals surface area contributed by atoms with Crippen LogP contribution in [0.4, 0.5) is 13.2 Å². The Morgan fingerprint density at radius 2 is 2.04 bits per heavy atom. The number of aryl methyl sites for hydroxylation is 1. The molecule has 2 aromatic rings. The van der Waals surface area contributed by atoms with Crippen molar-refractivity contribution in [3.05, 3.63) is 47.1 Å². The van der Waals surface area contributed by atoms with E-state index in [-0.39, 0.29) is 29.4 Å². The van der Waals surface area contributed by atoms with E-state index in [9.17, 15) is 13.2 Å². The van der Waals surface area contributed by atoms with Crippen LogP contribution in [0.25, 0.3) is 0 Å². The number of aromatic nitrogens is 2. The molecular formula is C18H23F3IN5O. The standard InChI is InChI=1S/C18H22F3N5O.HI/c1-12-25-15(27-26-12)10-23-16(22-2)24-11-17(7-4-8-17)13-5-3-6-14(9-13)18(19,20)21;/h3,5-6,9H,4,7-8,10-11H2,1-2H3,(H2,22,23,24);1H. The Bertz CT molecular complexity index is 818. The van der Waals surface area contributed by atoms with Crippen LogP contribution in [-0.2, 0) is 18.1 Å². The summed E-state index contributed by atoms with van der Waals surface area (Å²) in [7, 11) is 1.63. The molecule has 1 aliphatic rings. The number of alkyl halides is 3. The average Bonchev–Trinajstić information content (AvgIpc) is 3.01. The summed E-state index contributed by atoms with van der Waals surface area (Å²) in [6, 6.07) is 5.62. The van der Waals surface area contributed by atoms with Gasteiger partial charge in [-0.05, 0) is 31.4 Å². The van der Waals surface area contributed by atoms with Crippen molar-refractivity contribution in [1.82, 2.24) is 20.8 Å². The fourth-order valence-corrected chi connectivity index (χ4v) is 3.24. The lowest BCUT2D eigenvalue weighted by Gasteiger charge is -2.43. The first-order valence-electron chi connectivity index (χ1n) is 8.74. The molecule has 0 bridgehead atoms. The Labute approximate surface area is 178 Å². The SMILES string of the molecule is CN=C(NCc1nc(C)no1)NCC1(c2cccc(C(F)(F)F)c2)CCC1.I. The van der Waals surface area contributed by atoms with Crippen molar-refractivity contribution < 1.29 is 17.7 Å². The number of hydrogen-bond acceptors (Lipinski definition) is 4. The summed E-state index contributed by atoms with van der Waals surface area (Å²) in [5.41, 5.74) is -0.223. The zero-order valence-corrected chi connectivity index (χ0v) is 18.0. The van der Waals surface area contributed by atoms with Crippen LogP contribution in [0.3, 0.4) is 0 Å². The molecule has 0 radical (unpaired) electrons. The minimum Gasteiger partial charge on any atom is -0.356 e. The fourth-order valence-electron chi connectivity index (χ4n) is 3.24. The second-order valence-electron chi connectivity index (χ2n) is 6.73. The topological polar surface area (TPSA) is 75.3 Å². The van der Waals surface area contributed by atoms with Gasteiger partial charge in [-0.2, -0.15) is 18.2 Å². The van der Waals surface area contributed by atoms with Crippen molar-refractivity contribution >= 4 is 29.9 Å². The summed E-state index contributed by atoms with van der Waals surface area (Å²) in [5, 5.41) is 10.0. The van der Waals surface area contributed by atoms with Crippen LogP contribution in [0.1, 0.15) is 42.1 Å². The largest absolute Gasteiger partial charge is 0.416 e. The molecule has 2 N–H and O–H groups in total. The zero-order valence-electron chi connectivity index (χ0n) is 15.6. The molecule has 0 atom stereocenters. The van der Waals surface area contributed by atoms with Crippen LogP contribution in [0.2, 0.25) is 0 Å². The van der Waals surface area contributed by atoms with Gasteiger partial charge in [0.1, 0.15) is 0 Å². The first-order valence-corrected chi connectivity index (χ1v) is 8.74. The summed E-state index contributed by atoms with van der Waals surface area (Å²) >= 11 is 0. The molecule has 1 saturated carbocycles. The highest BCUT2D eigenvalue weighted by atomic mass is 127. The van der Waals surface area contributed by atoms with Gasteiger partial charge >= 0.3 is 6.18 Å². The first kappa shape index (κ1) is 22.4. The molecular weight excluding hydrogens is 486 g/mol. The molecule has 0 saturated heterocycles. The van der Waals surface area contributed by atoms with Gasteiger partial charge in [0.15, 0.2) is 11.8 Å². The first-order chi connectivity index (χ1) is 12.8. The van der Waals surface area contributed by atoms with E-state index in [0.29, 0.717) is 36.3 Å². The number of benzene rings is 1. The van der Waals surface area contributed by atoms with Gasteiger partial charge in [0.2, 0.25) is 5.89 Å². The van der Waals surface area contributed by atoms with E-state index in [1.807, 2.05) is 0 Å². The van der Waals surface area contributed by atoms with E-state index >= 15 is 0 Å². The van der Waals surface area contributed by atoms with Crippen molar-refractivity contribution in [3.63, 3.8) is 0 Å². The van der Waals surface area contributed by atoms with E-state index in [2.05, 4.69) is 25.8 Å². The van der Waals surface area contributed by atoms with Gasteiger partial charge in [-0.15, -0.1) is 24.0 Å². The van der Waals surface area contributed by atoms with E-state index in [4.69, 9.17) is 4.52 Å². The number of nitrogens with zero attached hydrogens (tertiary/aromatic N) is 3. The molecule has 154 valence electrons. The van der Waals surface area contributed by atoms with Crippen LogP contribution in [0.15, 0.2) is 33.8 Å². The molecule has 1 fully saturated rings. The third kappa shape index (κ3) is 5.15. The predicted octanol–water partition coefficient (Wildman–Crippen LogP) is 3.80. The third-order valence-corrected chi connectivity index (χ3v) is 4.91. The van der Waals surface area contributed by atoms with Crippen molar-refractivity contribution in [1.29, 1.82) is 0 Å². The fraction of sp³-hybridized carbons (Fsp3) is 0.500. The van der Waals surface area contributed by atoms with E-state index < -0.39 is 11.7 Å². The monoisotopic (exact) mass is 509 g/mol. The highest BCUT2D eigenvalue weighted by molar-refractivity contribution is 14.0. The number of hydrogen-bond donors (Lipinski definition) is 2. The summed E-state index contributed by atoms with van der Waals surface area (Å²) < 4.78 is 44.2. The molecule has 0 spiro atoms. The molecule has 0 unspecified atom stereocenters. The number of guanidine groups is 1. The normalized spacial score (nSPS) is 16.1. The molecule has 0 amide bonds. The quantitative estimate of drug-likeness (QED) is 0.365. The van der Waals surface area contributed by atoms with Crippen LogP contribution in [-0.4, -0.2) is 29.7 Å². The van der Waals surface area contributed by atoms with Gasteiger partial charge in [0, 0.05) is 19.0 Å². The molecule has 1 aliphatic carbocycles. The molecule has 0 aliphatic heterocycles. The second kappa shape index (κ2) is 9.10. The molecule has 3 rings (SSSR count). The number of halogens is 4. The lowest BCUT2D eigenvalue weighted by atomic mass is 9.64. The second-order valence-corrected chi connectivity index (χ2v) is 6.73. The average molecular weight is 509 g/mol. The minimum atomic E-state index is -4.34. The van der Waals surface area contributed by atoms with Gasteiger partial charge in [-0.25, -0.2) is 0 Å². The Morgan fingerprint density at radius 3 is 2.57 bits per heavy atom. The highest BCUT2D eigenvalue weighted by Crippen LogP contribution is 2.44. The Hall–Kier alpha value is -1.85. The predicted molar refractivity (Wildman–Crippen MR) is 110 cm³/mol. The summed E-state index contributed by atoms with van der Waals surface area (Å²) in [6.45, 7) is 2.55. The molecule has 28 heavy (non-hydrogen) atoms. The van der Waals surface area contributed by atoms with Crippen LogP contribution in [0, 0.1) is 6.92 Å². The Balaban J connectivity index is 0.00000280. The maximum Gasteiger partial charge on any atom is 0.416 e. The smallest absolute Gasteiger partial charge is 0.356 e. The van der Waals surface area contributed by atoms with Crippen molar-refractivity contribution in [2.24, 2.45) is 4.99 Å². The Morgan fingerprint density at radius 1 is 1.29 bits per heavy atom. The van der Waals surface area contributed by atoms with Crippen LogP contribution in [0.5, 0.6) is 0 Å². The molecule has 6 nitrogen and oxygen atoms in total. The van der Waals surface area contributed by atoms with Crippen molar-refractivity contribution in [2.75, 3.05) is 13.6 Å². The summed E-state index contributed by atoms with van der Waals surface area (Å²) in [4.78, 5) is 8.25. The van der Waals surface area contributed by atoms with Gasteiger partial charge < -0.3 is 15.2 Å². The molecule has 1 aromatic carbocycles. The van der Waals surface area contributed by atoms with Gasteiger partial charge in [-0.1, -0.05) is 29.8 Å². The summed E-state index contributed by atoms with van der Waals surface area (Å²) in [5.74, 6) is 1.52. The van der Waals surface area contributed by atoms with Crippen LogP contribution >= 0.6 is 24.0 Å². The van der Waals surface area contributed by atoms with Crippen molar-refractivity contribution in [2.45, 2.75) is 44.3 Å². The zero-order chi connectivity index (χ0) is 19.5. The molecule has 1 heterocycles. The van der Waals surface area contributed by atoms with E-state index in [0.717, 1.165) is 25.3 Å². The lowest BCUT2D eigenvalue weighted by Crippen LogP contribution is -2.48. The van der Waals surface area contributed by atoms with Gasteiger partial charge in [0.05, 0.1) is 12.1 Å². The number of nitrogens with one attached hydrogen (secondary N) is 2. The number of rotatable bonds is 5. The lowest BCUT2D eigenvalue weighted by molar-refractivity contribution is -0.137. The van der Waals surface area contributed by atoms with Gasteiger partial charge in [0.25, 0.3) is 0 Å². The van der Waals surface area contributed by atoms with Crippen LogP contribution < -0.4 is 10.6 Å². The maximum atomic E-state index is 13.0. The maximum absolute atomic E-state index is 13.0. The van der Waals surface area contributed by atoms with Crippen molar-refractivity contribution in [3.8, 4) is 0 Å². The molecule has 10 heteroatoms. The minimum absolute atomic E-state index is 0. The van der Waals surface area contributed by atoms with Gasteiger partial charge in [-0.3, -0.25) is 4.99 Å². The number of aliphatic imine (C=N–C) groups is 1. The summed E-state index contributed by atoms with van der Waals surface area (Å²) in [6.07, 6.45) is -1.68. The highest BCUT2D eigenvalue weighted by Gasteiger charge is 2.40. The molecule has 1 aromatic heterocycles. The third-order valence-electron chi connectivity index (χ3n) is 4.91.